The van der Waals surface area contributed by atoms with Gasteiger partial charge in [0.1, 0.15) is 37.1 Å². The minimum Gasteiger partial charge on any atom is -0.828 e. The fourth-order valence-electron chi connectivity index (χ4n) is 8.72. The zero-order valence-corrected chi connectivity index (χ0v) is 39.1. The molecule has 352 valence electrons. The van der Waals surface area contributed by atoms with Crippen molar-refractivity contribution in [3.63, 3.8) is 0 Å². The molecule has 4 aromatic carbocycles. The van der Waals surface area contributed by atoms with Crippen molar-refractivity contribution < 1.29 is 71.0 Å². The van der Waals surface area contributed by atoms with Gasteiger partial charge in [0.05, 0.1) is 29.9 Å². The van der Waals surface area contributed by atoms with Crippen molar-refractivity contribution >= 4 is 32.4 Å². The number of hydrogen-bond donors (Lipinski definition) is 0. The number of benzene rings is 4. The zero-order chi connectivity index (χ0) is 47.2. The molecular formula is C50H57O15Si-. The summed E-state index contributed by atoms with van der Waals surface area (Å²) in [5.41, 5.74) is 1.24. The zero-order valence-electron chi connectivity index (χ0n) is 38.1. The summed E-state index contributed by atoms with van der Waals surface area (Å²) < 4.78 is 63.6. The average Bonchev–Trinajstić information content (AvgIpc) is 3.66. The van der Waals surface area contributed by atoms with Crippen molar-refractivity contribution in [1.29, 1.82) is 0 Å². The smallest absolute Gasteiger partial charge is 0.350 e. The molecule has 3 aliphatic heterocycles. The fourth-order valence-corrected chi connectivity index (χ4v) is 13.7. The Hall–Kier alpha value is -5.30. The van der Waals surface area contributed by atoms with Gasteiger partial charge in [0.25, 0.3) is 0 Å². The number of carbonyl (C=O) groups excluding carboxylic acids is 4. The monoisotopic (exact) mass is 925 g/mol. The molecule has 3 fully saturated rings. The van der Waals surface area contributed by atoms with Crippen LogP contribution in [0.3, 0.4) is 0 Å². The first-order valence-electron chi connectivity index (χ1n) is 22.0. The third-order valence-corrected chi connectivity index (χ3v) is 16.9. The lowest BCUT2D eigenvalue weighted by Gasteiger charge is -2.55. The van der Waals surface area contributed by atoms with Crippen molar-refractivity contribution in [3.8, 4) is 0 Å². The quantitative estimate of drug-likeness (QED) is 0.0762. The van der Waals surface area contributed by atoms with Gasteiger partial charge in [0, 0.05) is 23.3 Å². The van der Waals surface area contributed by atoms with E-state index in [0.717, 1.165) is 5.56 Å². The van der Waals surface area contributed by atoms with E-state index >= 15 is 0 Å². The minimum absolute atomic E-state index is 0.116. The molecule has 1 unspecified atom stereocenters. The lowest BCUT2D eigenvalue weighted by molar-refractivity contribution is -0.531. The van der Waals surface area contributed by atoms with Gasteiger partial charge in [0.15, 0.2) is 24.6 Å². The van der Waals surface area contributed by atoms with Crippen LogP contribution in [-0.4, -0.2) is 107 Å². The summed E-state index contributed by atoms with van der Waals surface area (Å²) >= 11 is 0. The third-order valence-electron chi connectivity index (χ3n) is 11.7. The first kappa shape index (κ1) is 48.6. The molecule has 0 saturated carbocycles. The predicted octanol–water partition coefficient (Wildman–Crippen LogP) is 6.46. The van der Waals surface area contributed by atoms with Crippen LogP contribution in [-0.2, 0) is 58.1 Å². The second-order valence-electron chi connectivity index (χ2n) is 18.5. The second-order valence-corrected chi connectivity index (χ2v) is 23.2. The molecule has 0 spiro atoms. The molecule has 66 heavy (non-hydrogen) atoms. The van der Waals surface area contributed by atoms with Crippen LogP contribution in [0.25, 0.3) is 0 Å². The van der Waals surface area contributed by atoms with E-state index in [4.69, 9.17) is 46.7 Å². The molecule has 16 heteroatoms. The Morgan fingerprint density at radius 3 is 1.50 bits per heavy atom. The van der Waals surface area contributed by atoms with Crippen molar-refractivity contribution in [3.05, 3.63) is 144 Å². The highest BCUT2D eigenvalue weighted by molar-refractivity contribution is 6.73. The lowest BCUT2D eigenvalue weighted by atomic mass is 9.97. The largest absolute Gasteiger partial charge is 0.828 e. The Balaban J connectivity index is 1.24. The van der Waals surface area contributed by atoms with Gasteiger partial charge in [-0.3, -0.25) is 4.79 Å². The van der Waals surface area contributed by atoms with E-state index in [0.29, 0.717) is 0 Å². The van der Waals surface area contributed by atoms with Gasteiger partial charge in [-0.05, 0) is 42.0 Å². The molecule has 3 saturated heterocycles. The van der Waals surface area contributed by atoms with E-state index in [-0.39, 0.29) is 29.9 Å². The van der Waals surface area contributed by atoms with Crippen LogP contribution in [0.1, 0.15) is 85.1 Å². The second kappa shape index (κ2) is 20.7. The molecule has 0 aromatic heterocycles. The maximum atomic E-state index is 14.2. The number of carbonyl (C=O) groups is 4. The van der Waals surface area contributed by atoms with Gasteiger partial charge in [-0.15, -0.1) is 0 Å². The van der Waals surface area contributed by atoms with Crippen LogP contribution in [0.2, 0.25) is 10.1 Å². The predicted molar refractivity (Wildman–Crippen MR) is 237 cm³/mol. The van der Waals surface area contributed by atoms with E-state index in [2.05, 4.69) is 41.5 Å². The first-order valence-corrected chi connectivity index (χ1v) is 23.8. The summed E-state index contributed by atoms with van der Waals surface area (Å²) in [7, 11) is -3.33. The molecule has 3 heterocycles. The van der Waals surface area contributed by atoms with Gasteiger partial charge in [-0.2, -0.15) is 0 Å². The van der Waals surface area contributed by atoms with Crippen LogP contribution < -0.4 is 5.11 Å². The van der Waals surface area contributed by atoms with Gasteiger partial charge in [0.2, 0.25) is 0 Å². The third kappa shape index (κ3) is 10.9. The van der Waals surface area contributed by atoms with E-state index < -0.39 is 111 Å². The highest BCUT2D eigenvalue weighted by atomic mass is 28.4. The van der Waals surface area contributed by atoms with Crippen LogP contribution in [0.5, 0.6) is 0 Å². The van der Waals surface area contributed by atoms with Gasteiger partial charge in [-0.25, -0.2) is 14.4 Å². The maximum absolute atomic E-state index is 14.2. The molecule has 7 rings (SSSR count). The Kier molecular flexibility index (Phi) is 15.2. The van der Waals surface area contributed by atoms with E-state index in [9.17, 15) is 24.3 Å². The average molecular weight is 926 g/mol. The Bertz CT molecular complexity index is 2240. The summed E-state index contributed by atoms with van der Waals surface area (Å²) in [5, 5.41) is 13.2. The topological polar surface area (TPSA) is 184 Å². The van der Waals surface area contributed by atoms with Crippen LogP contribution in [0.15, 0.2) is 121 Å². The molecule has 4 aromatic rings. The van der Waals surface area contributed by atoms with E-state index in [1.165, 1.54) is 43.3 Å². The highest BCUT2D eigenvalue weighted by Gasteiger charge is 2.68. The van der Waals surface area contributed by atoms with Crippen molar-refractivity contribution in [2.24, 2.45) is 0 Å². The summed E-state index contributed by atoms with van der Waals surface area (Å²) in [6.07, 6.45) is -13.3. The van der Waals surface area contributed by atoms with E-state index in [1.54, 1.807) is 54.6 Å². The molecule has 0 bridgehead atoms. The summed E-state index contributed by atoms with van der Waals surface area (Å²) in [4.78, 5) is 53.5. The molecule has 3 aliphatic rings. The number of hydrogen-bond acceptors (Lipinski definition) is 15. The summed E-state index contributed by atoms with van der Waals surface area (Å²) in [5.74, 6) is -3.13. The van der Waals surface area contributed by atoms with Gasteiger partial charge in [-0.1, -0.05) is 126 Å². The van der Waals surface area contributed by atoms with Gasteiger partial charge >= 0.3 is 32.4 Å². The van der Waals surface area contributed by atoms with Crippen molar-refractivity contribution in [1.82, 2.24) is 0 Å². The SMILES string of the molecule is CC(=O)OC[C@H]1O[Si](C(C)(C)C)(C(C)(C)C)O[C@H]2[C@H]1OC(OC[C@H]1O[C@H]([O-])[C@@H](OC(=O)c3ccccc3)[C@@H](OC(=O)c3ccccc3)[C@@H]1OC(=O)c1ccccc1)[C@@H]2OCc1ccccc1. The first-order chi connectivity index (χ1) is 31.5. The van der Waals surface area contributed by atoms with Crippen LogP contribution in [0.4, 0.5) is 0 Å². The standard InChI is InChI=1S/C50H57O15Si/c1-31(51)56-30-37-39-41(65-66(64-37,49(2,3)4)50(5,6)7)43(57-28-32-20-12-8-13-21-32)48(63-39)58-29-36-38(60-44(52)33-22-14-9-15-23-33)40(61-45(53)34-24-16-10-17-25-34)42(47(55)59-36)62-46(54)35-26-18-11-19-27-35/h8-27,36-43,47-48H,28-30H2,1-7H3/q-1/t36-,37-,38-,39+,40+,41+,42+,43-,47+,48?/m1/s1. The number of rotatable bonds is 14. The molecule has 0 amide bonds. The van der Waals surface area contributed by atoms with E-state index in [1.807, 2.05) is 30.3 Å². The molecule has 0 N–H and O–H groups in total. The Labute approximate surface area is 385 Å². The summed E-state index contributed by atoms with van der Waals surface area (Å²) in [6.45, 7) is 13.1. The number of esters is 4. The molecule has 15 nitrogen and oxygen atoms in total. The molecule has 0 aliphatic carbocycles. The fraction of sp³-hybridized carbons (Fsp3) is 0.440. The molecule has 0 radical (unpaired) electrons. The van der Waals surface area contributed by atoms with Crippen LogP contribution in [0, 0.1) is 0 Å². The Morgan fingerprint density at radius 2 is 1.02 bits per heavy atom. The maximum Gasteiger partial charge on any atom is 0.350 e. The number of ether oxygens (including phenoxy) is 8. The molecule has 10 atom stereocenters. The normalized spacial score (nSPS) is 27.2. The van der Waals surface area contributed by atoms with Crippen molar-refractivity contribution in [2.75, 3.05) is 13.2 Å². The minimum atomic E-state index is -3.33. The van der Waals surface area contributed by atoms with Crippen molar-refractivity contribution in [2.45, 2.75) is 127 Å². The highest BCUT2D eigenvalue weighted by Crippen LogP contribution is 2.57. The lowest BCUT2D eigenvalue weighted by Crippen LogP contribution is -2.69. The Morgan fingerprint density at radius 1 is 0.545 bits per heavy atom. The molecular weight excluding hydrogens is 869 g/mol. The van der Waals surface area contributed by atoms with Gasteiger partial charge < -0.3 is 51.9 Å². The van der Waals surface area contributed by atoms with Crippen LogP contribution >= 0.6 is 0 Å². The number of fused-ring (bicyclic) bond motifs is 1. The summed E-state index contributed by atoms with van der Waals surface area (Å²) in [6, 6.07) is 33.5.